The average molecular weight is 248 g/mol. The lowest BCUT2D eigenvalue weighted by molar-refractivity contribution is -0.116. The number of nitriles is 1. The van der Waals surface area contributed by atoms with Crippen molar-refractivity contribution in [2.75, 3.05) is 5.32 Å². The van der Waals surface area contributed by atoms with Crippen molar-refractivity contribution in [3.05, 3.63) is 17.0 Å². The molecule has 2 rings (SSSR count). The number of thiophene rings is 1. The highest BCUT2D eigenvalue weighted by Crippen LogP contribution is 2.29. The Morgan fingerprint density at radius 1 is 1.53 bits per heavy atom. The quantitative estimate of drug-likeness (QED) is 0.886. The molecule has 3 nitrogen and oxygen atoms in total. The van der Waals surface area contributed by atoms with E-state index in [0.717, 1.165) is 12.3 Å². The van der Waals surface area contributed by atoms with Crippen LogP contribution in [-0.2, 0) is 4.79 Å². The van der Waals surface area contributed by atoms with Gasteiger partial charge in [0.25, 0.3) is 0 Å². The zero-order valence-corrected chi connectivity index (χ0v) is 10.6. The van der Waals surface area contributed by atoms with Crippen LogP contribution in [0.15, 0.2) is 11.4 Å². The lowest BCUT2D eigenvalue weighted by Crippen LogP contribution is -2.12. The van der Waals surface area contributed by atoms with Crippen LogP contribution >= 0.6 is 11.3 Å². The smallest absolute Gasteiger partial charge is 0.225 e. The number of hydrogen-bond donors (Lipinski definition) is 1. The summed E-state index contributed by atoms with van der Waals surface area (Å²) in [5, 5.41) is 14.2. The second kappa shape index (κ2) is 5.83. The van der Waals surface area contributed by atoms with Gasteiger partial charge in [0.2, 0.25) is 5.91 Å². The molecule has 0 spiro atoms. The maximum Gasteiger partial charge on any atom is 0.225 e. The Hall–Kier alpha value is -1.34. The molecule has 0 atom stereocenters. The van der Waals surface area contributed by atoms with Gasteiger partial charge in [0.15, 0.2) is 0 Å². The molecule has 1 heterocycles. The molecule has 1 aromatic rings. The Balaban J connectivity index is 1.79. The van der Waals surface area contributed by atoms with E-state index in [1.165, 1.54) is 37.0 Å². The number of nitrogens with one attached hydrogen (secondary N) is 1. The fourth-order valence-corrected chi connectivity index (χ4v) is 3.07. The molecular weight excluding hydrogens is 232 g/mol. The summed E-state index contributed by atoms with van der Waals surface area (Å²) in [6.45, 7) is 0. The normalized spacial score (nSPS) is 15.7. The number of anilines is 1. The zero-order chi connectivity index (χ0) is 12.1. The largest absolute Gasteiger partial charge is 0.317 e. The molecule has 0 saturated heterocycles. The van der Waals surface area contributed by atoms with E-state index in [4.69, 9.17) is 5.26 Å². The van der Waals surface area contributed by atoms with Gasteiger partial charge in [-0.25, -0.2) is 0 Å². The molecule has 0 aliphatic heterocycles. The first-order valence-corrected chi connectivity index (χ1v) is 6.95. The predicted octanol–water partition coefficient (Wildman–Crippen LogP) is 3.53. The number of hydrogen-bond acceptors (Lipinski definition) is 3. The SMILES string of the molecule is N#Cc1ccsc1NC(=O)CCC1CCCC1. The molecule has 1 amide bonds. The maximum absolute atomic E-state index is 11.7. The first kappa shape index (κ1) is 12.1. The first-order chi connectivity index (χ1) is 8.29. The molecule has 0 radical (unpaired) electrons. The van der Waals surface area contributed by atoms with Crippen molar-refractivity contribution in [2.24, 2.45) is 5.92 Å². The minimum absolute atomic E-state index is 0.0378. The molecule has 0 aromatic carbocycles. The summed E-state index contributed by atoms with van der Waals surface area (Å²) >= 11 is 1.41. The molecule has 4 heteroatoms. The van der Waals surface area contributed by atoms with Crippen LogP contribution in [0.5, 0.6) is 0 Å². The second-order valence-electron chi connectivity index (χ2n) is 4.51. The molecule has 0 unspecified atom stereocenters. The first-order valence-electron chi connectivity index (χ1n) is 6.07. The van der Waals surface area contributed by atoms with E-state index in [9.17, 15) is 4.79 Å². The summed E-state index contributed by atoms with van der Waals surface area (Å²) in [7, 11) is 0. The standard InChI is InChI=1S/C13H16N2OS/c14-9-11-7-8-17-13(11)15-12(16)6-5-10-3-1-2-4-10/h7-8,10H,1-6H2,(H,15,16). The molecule has 1 fully saturated rings. The van der Waals surface area contributed by atoms with Crippen LogP contribution in [0.4, 0.5) is 5.00 Å². The minimum Gasteiger partial charge on any atom is -0.317 e. The molecule has 1 saturated carbocycles. The number of carbonyl (C=O) groups is 1. The highest BCUT2D eigenvalue weighted by Gasteiger charge is 2.16. The summed E-state index contributed by atoms with van der Waals surface area (Å²) in [6, 6.07) is 3.81. The number of amides is 1. The van der Waals surface area contributed by atoms with E-state index in [1.807, 2.05) is 5.38 Å². The Kier molecular flexibility index (Phi) is 4.16. The highest BCUT2D eigenvalue weighted by molar-refractivity contribution is 7.14. The molecule has 1 aliphatic rings. The Morgan fingerprint density at radius 2 is 2.29 bits per heavy atom. The van der Waals surface area contributed by atoms with Crippen molar-refractivity contribution in [1.29, 1.82) is 5.26 Å². The Bertz CT molecular complexity index is 427. The van der Waals surface area contributed by atoms with Gasteiger partial charge in [-0.2, -0.15) is 5.26 Å². The van der Waals surface area contributed by atoms with Crippen molar-refractivity contribution in [3.63, 3.8) is 0 Å². The van der Waals surface area contributed by atoms with E-state index in [2.05, 4.69) is 11.4 Å². The Labute approximate surface area is 105 Å². The van der Waals surface area contributed by atoms with Crippen LogP contribution in [0.1, 0.15) is 44.1 Å². The number of nitrogens with zero attached hydrogens (tertiary/aromatic N) is 1. The number of rotatable bonds is 4. The van der Waals surface area contributed by atoms with E-state index < -0.39 is 0 Å². The molecule has 0 bridgehead atoms. The number of carbonyl (C=O) groups excluding carboxylic acids is 1. The summed E-state index contributed by atoms with van der Waals surface area (Å²) in [5.41, 5.74) is 0.559. The monoisotopic (exact) mass is 248 g/mol. The summed E-state index contributed by atoms with van der Waals surface area (Å²) in [5.74, 6) is 0.773. The predicted molar refractivity (Wildman–Crippen MR) is 68.9 cm³/mol. The van der Waals surface area contributed by atoms with Gasteiger partial charge in [-0.05, 0) is 23.8 Å². The minimum atomic E-state index is 0.0378. The van der Waals surface area contributed by atoms with E-state index >= 15 is 0 Å². The Morgan fingerprint density at radius 3 is 3.00 bits per heavy atom. The third kappa shape index (κ3) is 3.31. The lowest BCUT2D eigenvalue weighted by Gasteiger charge is -2.08. The van der Waals surface area contributed by atoms with Crippen LogP contribution in [0, 0.1) is 17.2 Å². The van der Waals surface area contributed by atoms with E-state index in [0.29, 0.717) is 17.0 Å². The van der Waals surface area contributed by atoms with Gasteiger partial charge in [0, 0.05) is 6.42 Å². The fourth-order valence-electron chi connectivity index (χ4n) is 2.32. The van der Waals surface area contributed by atoms with E-state index in [-0.39, 0.29) is 5.91 Å². The fraction of sp³-hybridized carbons (Fsp3) is 0.538. The third-order valence-electron chi connectivity index (χ3n) is 3.29. The highest BCUT2D eigenvalue weighted by atomic mass is 32.1. The van der Waals surface area contributed by atoms with Gasteiger partial charge < -0.3 is 5.32 Å². The van der Waals surface area contributed by atoms with Crippen molar-refractivity contribution >= 4 is 22.2 Å². The molecular formula is C13H16N2OS. The van der Waals surface area contributed by atoms with Gasteiger partial charge in [0.05, 0.1) is 5.56 Å². The van der Waals surface area contributed by atoms with Gasteiger partial charge in [-0.15, -0.1) is 11.3 Å². The van der Waals surface area contributed by atoms with Crippen molar-refractivity contribution < 1.29 is 4.79 Å². The zero-order valence-electron chi connectivity index (χ0n) is 9.74. The van der Waals surface area contributed by atoms with Crippen LogP contribution in [0.25, 0.3) is 0 Å². The molecule has 1 aromatic heterocycles. The van der Waals surface area contributed by atoms with Crippen LogP contribution in [0.2, 0.25) is 0 Å². The van der Waals surface area contributed by atoms with Crippen LogP contribution in [0.3, 0.4) is 0 Å². The van der Waals surface area contributed by atoms with Gasteiger partial charge in [-0.1, -0.05) is 25.7 Å². The second-order valence-corrected chi connectivity index (χ2v) is 5.43. The van der Waals surface area contributed by atoms with Crippen molar-refractivity contribution in [2.45, 2.75) is 38.5 Å². The van der Waals surface area contributed by atoms with Crippen molar-refractivity contribution in [1.82, 2.24) is 0 Å². The van der Waals surface area contributed by atoms with E-state index in [1.54, 1.807) is 6.07 Å². The average Bonchev–Trinajstić information content (AvgIpc) is 2.97. The maximum atomic E-state index is 11.7. The van der Waals surface area contributed by atoms with Crippen LogP contribution in [-0.4, -0.2) is 5.91 Å². The summed E-state index contributed by atoms with van der Waals surface area (Å²) in [4.78, 5) is 11.7. The summed E-state index contributed by atoms with van der Waals surface area (Å²) in [6.07, 6.45) is 6.74. The summed E-state index contributed by atoms with van der Waals surface area (Å²) < 4.78 is 0. The molecule has 17 heavy (non-hydrogen) atoms. The third-order valence-corrected chi connectivity index (χ3v) is 4.12. The van der Waals surface area contributed by atoms with Crippen LogP contribution < -0.4 is 5.32 Å². The lowest BCUT2D eigenvalue weighted by atomic mass is 10.0. The van der Waals surface area contributed by atoms with Gasteiger partial charge >= 0.3 is 0 Å². The van der Waals surface area contributed by atoms with Gasteiger partial charge in [-0.3, -0.25) is 4.79 Å². The molecule has 1 N–H and O–H groups in total. The molecule has 1 aliphatic carbocycles. The topological polar surface area (TPSA) is 52.9 Å². The van der Waals surface area contributed by atoms with Gasteiger partial charge in [0.1, 0.15) is 11.1 Å². The van der Waals surface area contributed by atoms with Crippen molar-refractivity contribution in [3.8, 4) is 6.07 Å². The molecule has 90 valence electrons.